The molecule has 0 radical (unpaired) electrons. The molecule has 7 nitrogen and oxygen atoms in total. The molecule has 0 saturated carbocycles. The van der Waals surface area contributed by atoms with Gasteiger partial charge in [-0.15, -0.1) is 0 Å². The second kappa shape index (κ2) is 10.7. The van der Waals surface area contributed by atoms with Gasteiger partial charge in [0.1, 0.15) is 5.75 Å². The number of aromatic amines is 1. The molecule has 0 unspecified atom stereocenters. The highest BCUT2D eigenvalue weighted by Crippen LogP contribution is 2.17. The Bertz CT molecular complexity index is 1110. The molecule has 166 valence electrons. The van der Waals surface area contributed by atoms with Crippen LogP contribution in [0, 0.1) is 0 Å². The lowest BCUT2D eigenvalue weighted by atomic mass is 10.1. The summed E-state index contributed by atoms with van der Waals surface area (Å²) in [5.74, 6) is 1.18. The maximum Gasteiger partial charge on any atom is 0.257 e. The molecule has 2 heterocycles. The van der Waals surface area contributed by atoms with E-state index in [0.29, 0.717) is 19.1 Å². The number of hydrogen-bond acceptors (Lipinski definition) is 6. The molecule has 2 N–H and O–H groups in total. The number of rotatable bonds is 9. The van der Waals surface area contributed by atoms with Gasteiger partial charge in [-0.2, -0.15) is 5.10 Å². The molecule has 7 heteroatoms. The largest absolute Gasteiger partial charge is 0.494 e. The van der Waals surface area contributed by atoms with E-state index in [9.17, 15) is 4.79 Å². The minimum atomic E-state index is -0.114. The van der Waals surface area contributed by atoms with Crippen LogP contribution in [-0.2, 0) is 19.5 Å². The van der Waals surface area contributed by atoms with Gasteiger partial charge in [0.25, 0.3) is 5.56 Å². The zero-order chi connectivity index (χ0) is 22.2. The predicted molar refractivity (Wildman–Crippen MR) is 127 cm³/mol. The molecule has 0 aliphatic carbocycles. The molecule has 0 saturated heterocycles. The first-order valence-corrected chi connectivity index (χ1v) is 11.1. The second-order valence-corrected chi connectivity index (χ2v) is 7.93. The molecule has 1 aromatic heterocycles. The van der Waals surface area contributed by atoms with Crippen LogP contribution in [0.15, 0.2) is 64.5 Å². The van der Waals surface area contributed by atoms with Crippen molar-refractivity contribution in [2.75, 3.05) is 18.6 Å². The minimum absolute atomic E-state index is 0.114. The Kier molecular flexibility index (Phi) is 7.30. The molecule has 2 aromatic carbocycles. The number of unbranched alkanes of at least 4 members (excludes halogenated alkanes) is 1. The maximum absolute atomic E-state index is 12.7. The summed E-state index contributed by atoms with van der Waals surface area (Å²) in [4.78, 5) is 22.3. The lowest BCUT2D eigenvalue weighted by Gasteiger charge is -2.27. The van der Waals surface area contributed by atoms with Gasteiger partial charge in [0, 0.05) is 26.1 Å². The summed E-state index contributed by atoms with van der Waals surface area (Å²) in [6.07, 6.45) is 4.55. The summed E-state index contributed by atoms with van der Waals surface area (Å²) >= 11 is 0. The summed E-state index contributed by atoms with van der Waals surface area (Å²) < 4.78 is 5.73. The number of hydrogen-bond donors (Lipinski definition) is 2. The normalized spacial score (nSPS) is 13.8. The highest BCUT2D eigenvalue weighted by Gasteiger charge is 2.21. The first kappa shape index (κ1) is 21.8. The third-order valence-electron chi connectivity index (χ3n) is 5.41. The van der Waals surface area contributed by atoms with Crippen LogP contribution in [0.4, 0.5) is 5.95 Å². The van der Waals surface area contributed by atoms with Crippen LogP contribution in [-0.4, -0.2) is 34.2 Å². The fraction of sp³-hybridized carbons (Fsp3) is 0.320. The molecule has 0 bridgehead atoms. The van der Waals surface area contributed by atoms with Crippen molar-refractivity contribution >= 4 is 12.2 Å². The van der Waals surface area contributed by atoms with Gasteiger partial charge >= 0.3 is 0 Å². The first-order valence-electron chi connectivity index (χ1n) is 11.1. The van der Waals surface area contributed by atoms with Crippen LogP contribution in [0.1, 0.15) is 42.1 Å². The molecular weight excluding hydrogens is 402 g/mol. The maximum atomic E-state index is 12.7. The number of hydrazone groups is 1. The zero-order valence-corrected chi connectivity index (χ0v) is 18.4. The van der Waals surface area contributed by atoms with Crippen LogP contribution < -0.4 is 15.7 Å². The van der Waals surface area contributed by atoms with Gasteiger partial charge in [0.15, 0.2) is 0 Å². The second-order valence-electron chi connectivity index (χ2n) is 7.93. The third-order valence-corrected chi connectivity index (χ3v) is 5.41. The van der Waals surface area contributed by atoms with E-state index in [1.807, 2.05) is 42.5 Å². The van der Waals surface area contributed by atoms with Crippen molar-refractivity contribution in [1.82, 2.24) is 14.9 Å². The van der Waals surface area contributed by atoms with Crippen molar-refractivity contribution in [2.24, 2.45) is 5.10 Å². The van der Waals surface area contributed by atoms with Crippen LogP contribution in [0.2, 0.25) is 0 Å². The lowest BCUT2D eigenvalue weighted by molar-refractivity contribution is 0.242. The van der Waals surface area contributed by atoms with Gasteiger partial charge in [0.05, 0.1) is 24.1 Å². The van der Waals surface area contributed by atoms with E-state index in [1.165, 1.54) is 5.56 Å². The van der Waals surface area contributed by atoms with Crippen LogP contribution in [0.5, 0.6) is 5.75 Å². The summed E-state index contributed by atoms with van der Waals surface area (Å²) in [6.45, 7) is 5.13. The van der Waals surface area contributed by atoms with E-state index >= 15 is 0 Å². The van der Waals surface area contributed by atoms with Gasteiger partial charge in [-0.25, -0.2) is 10.4 Å². The standard InChI is InChI=1S/C25H29N5O2/c1-2-3-14-32-21-11-7-10-20(15-21)16-26-29-25-27-23-12-13-30(18-22(23)24(31)28-25)17-19-8-5-4-6-9-19/h4-11,15-16H,2-3,12-14,17-18H2,1H3,(H2,27,28,29,31)/b26-16-. The van der Waals surface area contributed by atoms with Gasteiger partial charge in [-0.05, 0) is 29.7 Å². The fourth-order valence-corrected chi connectivity index (χ4v) is 3.70. The molecule has 1 aliphatic heterocycles. The van der Waals surface area contributed by atoms with Crippen LogP contribution >= 0.6 is 0 Å². The molecule has 0 spiro atoms. The summed E-state index contributed by atoms with van der Waals surface area (Å²) in [6, 6.07) is 18.1. The van der Waals surface area contributed by atoms with Crippen molar-refractivity contribution < 1.29 is 4.74 Å². The Morgan fingerprint density at radius 2 is 2.09 bits per heavy atom. The van der Waals surface area contributed by atoms with Gasteiger partial charge < -0.3 is 4.74 Å². The number of ether oxygens (including phenoxy) is 1. The van der Waals surface area contributed by atoms with E-state index in [4.69, 9.17) is 4.74 Å². The van der Waals surface area contributed by atoms with Crippen LogP contribution in [0.25, 0.3) is 0 Å². The smallest absolute Gasteiger partial charge is 0.257 e. The Hall–Kier alpha value is -3.45. The Morgan fingerprint density at radius 3 is 2.94 bits per heavy atom. The van der Waals surface area contributed by atoms with Gasteiger partial charge in [0.2, 0.25) is 5.95 Å². The summed E-state index contributed by atoms with van der Waals surface area (Å²) in [5.41, 5.74) is 6.46. The van der Waals surface area contributed by atoms with E-state index in [1.54, 1.807) is 6.21 Å². The highest BCUT2D eigenvalue weighted by molar-refractivity contribution is 5.80. The average Bonchev–Trinajstić information content (AvgIpc) is 2.81. The van der Waals surface area contributed by atoms with Crippen molar-refractivity contribution in [3.8, 4) is 5.75 Å². The fourth-order valence-electron chi connectivity index (χ4n) is 3.70. The monoisotopic (exact) mass is 431 g/mol. The van der Waals surface area contributed by atoms with Crippen LogP contribution in [0.3, 0.4) is 0 Å². The first-order chi connectivity index (χ1) is 15.7. The molecule has 0 amide bonds. The van der Waals surface area contributed by atoms with E-state index in [0.717, 1.165) is 54.9 Å². The van der Waals surface area contributed by atoms with Crippen molar-refractivity contribution in [1.29, 1.82) is 0 Å². The number of aromatic nitrogens is 2. The summed E-state index contributed by atoms with van der Waals surface area (Å²) in [7, 11) is 0. The third kappa shape index (κ3) is 5.82. The number of anilines is 1. The Labute approximate surface area is 188 Å². The molecule has 1 aliphatic rings. The molecule has 4 rings (SSSR count). The Balaban J connectivity index is 1.38. The van der Waals surface area contributed by atoms with Crippen molar-refractivity contribution in [2.45, 2.75) is 39.3 Å². The number of nitrogens with one attached hydrogen (secondary N) is 2. The number of nitrogens with zero attached hydrogens (tertiary/aromatic N) is 3. The minimum Gasteiger partial charge on any atom is -0.494 e. The van der Waals surface area contributed by atoms with Gasteiger partial charge in [-0.3, -0.25) is 14.7 Å². The Morgan fingerprint density at radius 1 is 1.22 bits per heavy atom. The van der Waals surface area contributed by atoms with Crippen molar-refractivity contribution in [3.63, 3.8) is 0 Å². The summed E-state index contributed by atoms with van der Waals surface area (Å²) in [5, 5.41) is 4.24. The van der Waals surface area contributed by atoms with E-state index < -0.39 is 0 Å². The SMILES string of the molecule is CCCCOc1cccc(/C=N\Nc2nc3c(c(=O)[nH]2)CN(Cc2ccccc2)CC3)c1. The van der Waals surface area contributed by atoms with Gasteiger partial charge in [-0.1, -0.05) is 55.8 Å². The molecule has 32 heavy (non-hydrogen) atoms. The topological polar surface area (TPSA) is 82.6 Å². The van der Waals surface area contributed by atoms with Crippen molar-refractivity contribution in [3.05, 3.63) is 87.3 Å². The quantitative estimate of drug-likeness (QED) is 0.305. The zero-order valence-electron chi connectivity index (χ0n) is 18.4. The molecule has 3 aromatic rings. The average molecular weight is 432 g/mol. The number of fused-ring (bicyclic) bond motifs is 1. The molecular formula is C25H29N5O2. The van der Waals surface area contributed by atoms with E-state index in [-0.39, 0.29) is 5.56 Å². The number of H-pyrrole nitrogens is 1. The lowest BCUT2D eigenvalue weighted by Crippen LogP contribution is -2.35. The molecule has 0 fully saturated rings. The van der Waals surface area contributed by atoms with E-state index in [2.05, 4.69) is 44.5 Å². The highest BCUT2D eigenvalue weighted by atomic mass is 16.5. The predicted octanol–water partition coefficient (Wildman–Crippen LogP) is 3.95. The molecule has 0 atom stereocenters. The number of benzene rings is 2.